The molecule has 1 aliphatic heterocycles. The van der Waals surface area contributed by atoms with Crippen molar-refractivity contribution in [1.29, 1.82) is 0 Å². The molecule has 0 bridgehead atoms. The number of non-ortho nitro benzene ring substituents is 1. The van der Waals surface area contributed by atoms with Gasteiger partial charge in [0.25, 0.3) is 11.6 Å². The largest absolute Gasteiger partial charge is 0.308 e. The molecule has 0 saturated carbocycles. The number of anilines is 1. The summed E-state index contributed by atoms with van der Waals surface area (Å²) in [4.78, 5) is 24.4. The summed E-state index contributed by atoms with van der Waals surface area (Å²) in [7, 11) is 0. The highest BCUT2D eigenvalue weighted by Gasteiger charge is 2.25. The van der Waals surface area contributed by atoms with Crippen LogP contribution in [0.2, 0.25) is 5.02 Å². The van der Waals surface area contributed by atoms with Gasteiger partial charge in [0.05, 0.1) is 10.6 Å². The average Bonchev–Trinajstić information content (AvgIpc) is 2.97. The van der Waals surface area contributed by atoms with E-state index in [-0.39, 0.29) is 11.6 Å². The first kappa shape index (κ1) is 15.2. The zero-order chi connectivity index (χ0) is 16.4. The Bertz CT molecular complexity index is 800. The topological polar surface area (TPSA) is 63.5 Å². The predicted octanol–water partition coefficient (Wildman–Crippen LogP) is 3.85. The van der Waals surface area contributed by atoms with Gasteiger partial charge in [0, 0.05) is 29.8 Å². The first-order valence-corrected chi connectivity index (χ1v) is 7.45. The molecule has 1 aliphatic rings. The Kier molecular flexibility index (Phi) is 4.12. The van der Waals surface area contributed by atoms with Crippen molar-refractivity contribution < 1.29 is 9.72 Å². The fourth-order valence-corrected chi connectivity index (χ4v) is 2.67. The Hall–Kier alpha value is -2.66. The van der Waals surface area contributed by atoms with Gasteiger partial charge in [0.1, 0.15) is 0 Å². The third kappa shape index (κ3) is 3.24. The third-order valence-electron chi connectivity index (χ3n) is 3.73. The van der Waals surface area contributed by atoms with Crippen LogP contribution in [0, 0.1) is 10.1 Å². The molecule has 0 aliphatic carbocycles. The smallest absolute Gasteiger partial charge is 0.271 e. The molecule has 2 aromatic carbocycles. The van der Waals surface area contributed by atoms with E-state index in [1.165, 1.54) is 18.2 Å². The maximum atomic E-state index is 12.4. The molecule has 0 aromatic heterocycles. The number of hydrogen-bond acceptors (Lipinski definition) is 3. The van der Waals surface area contributed by atoms with Gasteiger partial charge in [-0.1, -0.05) is 29.8 Å². The van der Waals surface area contributed by atoms with Crippen LogP contribution in [-0.2, 0) is 11.2 Å². The molecule has 0 atom stereocenters. The maximum absolute atomic E-state index is 12.4. The lowest BCUT2D eigenvalue weighted by molar-refractivity contribution is -0.384. The molecule has 3 rings (SSSR count). The number of carbonyl (C=O) groups excluding carboxylic acids is 1. The summed E-state index contributed by atoms with van der Waals surface area (Å²) in [6, 6.07) is 11.8. The Morgan fingerprint density at radius 2 is 1.96 bits per heavy atom. The highest BCUT2D eigenvalue weighted by molar-refractivity contribution is 6.30. The lowest BCUT2D eigenvalue weighted by atomic mass is 10.1. The van der Waals surface area contributed by atoms with E-state index in [2.05, 4.69) is 0 Å². The van der Waals surface area contributed by atoms with E-state index in [1.54, 1.807) is 29.2 Å². The Labute approximate surface area is 137 Å². The van der Waals surface area contributed by atoms with Crippen LogP contribution >= 0.6 is 11.6 Å². The zero-order valence-corrected chi connectivity index (χ0v) is 12.9. The molecular formula is C17H13ClN2O3. The van der Waals surface area contributed by atoms with Crippen molar-refractivity contribution in [2.75, 3.05) is 11.4 Å². The van der Waals surface area contributed by atoms with Gasteiger partial charge in [-0.15, -0.1) is 0 Å². The molecule has 0 radical (unpaired) electrons. The first-order chi connectivity index (χ1) is 11.0. The van der Waals surface area contributed by atoms with E-state index in [1.807, 2.05) is 12.1 Å². The summed E-state index contributed by atoms with van der Waals surface area (Å²) in [5.41, 5.74) is 2.42. The second-order valence-corrected chi connectivity index (χ2v) is 5.63. The average molecular weight is 329 g/mol. The summed E-state index contributed by atoms with van der Waals surface area (Å²) < 4.78 is 0. The normalized spacial score (nSPS) is 13.3. The highest BCUT2D eigenvalue weighted by Crippen LogP contribution is 2.31. The van der Waals surface area contributed by atoms with Gasteiger partial charge < -0.3 is 4.90 Å². The van der Waals surface area contributed by atoms with Crippen molar-refractivity contribution >= 4 is 35.0 Å². The van der Waals surface area contributed by atoms with Gasteiger partial charge in [-0.3, -0.25) is 14.9 Å². The van der Waals surface area contributed by atoms with Crippen LogP contribution in [-0.4, -0.2) is 17.4 Å². The van der Waals surface area contributed by atoms with Crippen LogP contribution in [0.5, 0.6) is 0 Å². The van der Waals surface area contributed by atoms with Crippen molar-refractivity contribution in [3.8, 4) is 0 Å². The number of amides is 1. The van der Waals surface area contributed by atoms with Crippen LogP contribution in [0.15, 0.2) is 48.5 Å². The lowest BCUT2D eigenvalue weighted by Crippen LogP contribution is -2.26. The number of hydrogen-bond donors (Lipinski definition) is 0. The van der Waals surface area contributed by atoms with Crippen molar-refractivity contribution in [1.82, 2.24) is 0 Å². The first-order valence-electron chi connectivity index (χ1n) is 7.07. The predicted molar refractivity (Wildman–Crippen MR) is 89.6 cm³/mol. The van der Waals surface area contributed by atoms with Crippen LogP contribution in [0.25, 0.3) is 6.08 Å². The minimum absolute atomic E-state index is 0.00914. The summed E-state index contributed by atoms with van der Waals surface area (Å²) >= 11 is 5.82. The number of rotatable bonds is 3. The van der Waals surface area contributed by atoms with Crippen LogP contribution < -0.4 is 4.90 Å². The van der Waals surface area contributed by atoms with E-state index >= 15 is 0 Å². The van der Waals surface area contributed by atoms with Crippen molar-refractivity contribution in [3.05, 3.63) is 74.8 Å². The second-order valence-electron chi connectivity index (χ2n) is 5.19. The summed E-state index contributed by atoms with van der Waals surface area (Å²) in [5, 5.41) is 11.5. The molecule has 1 amide bonds. The van der Waals surface area contributed by atoms with Gasteiger partial charge >= 0.3 is 0 Å². The minimum Gasteiger partial charge on any atom is -0.308 e. The maximum Gasteiger partial charge on any atom is 0.271 e. The summed E-state index contributed by atoms with van der Waals surface area (Å²) in [6.45, 7) is 0.528. The number of carbonyl (C=O) groups is 1. The quantitative estimate of drug-likeness (QED) is 0.488. The molecule has 2 aromatic rings. The number of nitro groups is 1. The van der Waals surface area contributed by atoms with Gasteiger partial charge in [-0.2, -0.15) is 0 Å². The minimum atomic E-state index is -0.454. The van der Waals surface area contributed by atoms with E-state index in [9.17, 15) is 14.9 Å². The molecule has 116 valence electrons. The van der Waals surface area contributed by atoms with Crippen LogP contribution in [0.1, 0.15) is 11.1 Å². The SMILES string of the molecule is O=C(/C=C/c1ccc(Cl)cc1)N1CCc2ccc([N+](=O)[O-])cc21. The summed E-state index contributed by atoms with van der Waals surface area (Å²) in [6.07, 6.45) is 3.87. The van der Waals surface area contributed by atoms with Crippen LogP contribution in [0.3, 0.4) is 0 Å². The van der Waals surface area contributed by atoms with Crippen molar-refractivity contribution in [3.63, 3.8) is 0 Å². The van der Waals surface area contributed by atoms with E-state index < -0.39 is 4.92 Å². The fraction of sp³-hybridized carbons (Fsp3) is 0.118. The molecular weight excluding hydrogens is 316 g/mol. The number of nitro benzene ring substituents is 1. The molecule has 0 spiro atoms. The monoisotopic (exact) mass is 328 g/mol. The molecule has 23 heavy (non-hydrogen) atoms. The van der Waals surface area contributed by atoms with E-state index in [0.717, 1.165) is 11.1 Å². The standard InChI is InChI=1S/C17H13ClN2O3/c18-14-5-1-12(2-6-14)3-8-17(21)19-10-9-13-4-7-15(20(22)23)11-16(13)19/h1-8,11H,9-10H2/b8-3+. The summed E-state index contributed by atoms with van der Waals surface area (Å²) in [5.74, 6) is -0.195. The zero-order valence-electron chi connectivity index (χ0n) is 12.1. The molecule has 0 N–H and O–H groups in total. The molecule has 0 unspecified atom stereocenters. The molecule has 0 saturated heterocycles. The second kappa shape index (κ2) is 6.22. The molecule has 6 heteroatoms. The fourth-order valence-electron chi connectivity index (χ4n) is 2.54. The van der Waals surface area contributed by atoms with Gasteiger partial charge in [0.15, 0.2) is 0 Å². The third-order valence-corrected chi connectivity index (χ3v) is 3.98. The molecule has 5 nitrogen and oxygen atoms in total. The van der Waals surface area contributed by atoms with Crippen molar-refractivity contribution in [2.45, 2.75) is 6.42 Å². The van der Waals surface area contributed by atoms with Gasteiger partial charge in [-0.05, 0) is 35.8 Å². The number of halogens is 1. The van der Waals surface area contributed by atoms with E-state index in [0.29, 0.717) is 23.7 Å². The Morgan fingerprint density at radius 1 is 1.22 bits per heavy atom. The highest BCUT2D eigenvalue weighted by atomic mass is 35.5. The van der Waals surface area contributed by atoms with Crippen LogP contribution in [0.4, 0.5) is 11.4 Å². The number of benzene rings is 2. The molecule has 1 heterocycles. The Morgan fingerprint density at radius 3 is 2.65 bits per heavy atom. The van der Waals surface area contributed by atoms with Gasteiger partial charge in [0.2, 0.25) is 0 Å². The van der Waals surface area contributed by atoms with E-state index in [4.69, 9.17) is 11.6 Å². The van der Waals surface area contributed by atoms with Crippen molar-refractivity contribution in [2.24, 2.45) is 0 Å². The Balaban J connectivity index is 1.81. The number of fused-ring (bicyclic) bond motifs is 1. The number of nitrogens with zero attached hydrogens (tertiary/aromatic N) is 2. The molecule has 0 fully saturated rings. The lowest BCUT2D eigenvalue weighted by Gasteiger charge is -2.14. The van der Waals surface area contributed by atoms with Gasteiger partial charge in [-0.25, -0.2) is 0 Å².